The molecule has 0 bridgehead atoms. The van der Waals surface area contributed by atoms with Crippen LogP contribution in [0.3, 0.4) is 0 Å². The molecule has 3 rings (SSSR count). The normalized spacial score (nSPS) is 19.0. The van der Waals surface area contributed by atoms with E-state index in [4.69, 9.17) is 0 Å². The van der Waals surface area contributed by atoms with E-state index in [1.165, 1.54) is 0 Å². The van der Waals surface area contributed by atoms with Crippen LogP contribution in [0.15, 0.2) is 48.9 Å². The third-order valence-corrected chi connectivity index (χ3v) is 3.85. The van der Waals surface area contributed by atoms with Gasteiger partial charge in [-0.25, -0.2) is 0 Å². The molecule has 1 fully saturated rings. The largest absolute Gasteiger partial charge is 0.352 e. The molecule has 2 unspecified atom stereocenters. The highest BCUT2D eigenvalue weighted by Gasteiger charge is 2.47. The number of aromatic nitrogens is 2. The van der Waals surface area contributed by atoms with Crippen molar-refractivity contribution in [2.24, 2.45) is 11.8 Å². The molecule has 2 atom stereocenters. The van der Waals surface area contributed by atoms with E-state index >= 15 is 0 Å². The number of pyridine rings is 2. The average Bonchev–Trinajstić information content (AvgIpc) is 3.40. The summed E-state index contributed by atoms with van der Waals surface area (Å²) >= 11 is 0. The molecule has 0 aliphatic heterocycles. The molecule has 6 nitrogen and oxygen atoms in total. The first-order valence-corrected chi connectivity index (χ1v) is 7.58. The number of hydrogen-bond donors (Lipinski definition) is 2. The Morgan fingerprint density at radius 3 is 2.30 bits per heavy atom. The van der Waals surface area contributed by atoms with E-state index in [0.29, 0.717) is 19.5 Å². The molecule has 1 saturated carbocycles. The van der Waals surface area contributed by atoms with E-state index in [-0.39, 0.29) is 23.7 Å². The van der Waals surface area contributed by atoms with Gasteiger partial charge in [0.05, 0.1) is 24.1 Å². The fraction of sp³-hybridized carbons (Fsp3) is 0.294. The first-order valence-electron chi connectivity index (χ1n) is 7.58. The van der Waals surface area contributed by atoms with Crippen LogP contribution < -0.4 is 10.6 Å². The lowest BCUT2D eigenvalue weighted by molar-refractivity contribution is -0.127. The quantitative estimate of drug-likeness (QED) is 0.835. The Balaban J connectivity index is 1.41. The highest BCUT2D eigenvalue weighted by atomic mass is 16.2. The Kier molecular flexibility index (Phi) is 4.61. The number of rotatable bonds is 6. The van der Waals surface area contributed by atoms with Crippen molar-refractivity contribution in [3.63, 3.8) is 0 Å². The van der Waals surface area contributed by atoms with E-state index < -0.39 is 0 Å². The van der Waals surface area contributed by atoms with E-state index in [1.54, 1.807) is 18.6 Å². The highest BCUT2D eigenvalue weighted by molar-refractivity contribution is 5.92. The molecule has 0 radical (unpaired) electrons. The maximum absolute atomic E-state index is 12.0. The van der Waals surface area contributed by atoms with Crippen molar-refractivity contribution in [3.05, 3.63) is 60.2 Å². The van der Waals surface area contributed by atoms with E-state index in [2.05, 4.69) is 20.6 Å². The molecule has 0 spiro atoms. The first kappa shape index (κ1) is 15.1. The minimum Gasteiger partial charge on any atom is -0.352 e. The van der Waals surface area contributed by atoms with Crippen LogP contribution in [-0.4, -0.2) is 21.8 Å². The number of hydrogen-bond acceptors (Lipinski definition) is 4. The Morgan fingerprint density at radius 2 is 1.65 bits per heavy atom. The second-order valence-electron chi connectivity index (χ2n) is 5.56. The van der Waals surface area contributed by atoms with Gasteiger partial charge in [-0.05, 0) is 36.2 Å². The lowest BCUT2D eigenvalue weighted by Crippen LogP contribution is -2.29. The third-order valence-electron chi connectivity index (χ3n) is 3.85. The third kappa shape index (κ3) is 4.12. The second kappa shape index (κ2) is 7.00. The van der Waals surface area contributed by atoms with Crippen LogP contribution in [0.4, 0.5) is 0 Å². The Labute approximate surface area is 134 Å². The van der Waals surface area contributed by atoms with Gasteiger partial charge in [-0.15, -0.1) is 0 Å². The summed E-state index contributed by atoms with van der Waals surface area (Å²) in [6, 6.07) is 9.26. The van der Waals surface area contributed by atoms with Crippen LogP contribution in [-0.2, 0) is 22.7 Å². The van der Waals surface area contributed by atoms with E-state index in [9.17, 15) is 9.59 Å². The monoisotopic (exact) mass is 310 g/mol. The predicted molar refractivity (Wildman–Crippen MR) is 83.8 cm³/mol. The van der Waals surface area contributed by atoms with Crippen LogP contribution in [0, 0.1) is 11.8 Å². The van der Waals surface area contributed by atoms with Crippen molar-refractivity contribution in [2.75, 3.05) is 0 Å². The van der Waals surface area contributed by atoms with Crippen LogP contribution >= 0.6 is 0 Å². The maximum Gasteiger partial charge on any atom is 0.224 e. The Bertz CT molecular complexity index is 616. The summed E-state index contributed by atoms with van der Waals surface area (Å²) in [6.07, 6.45) is 5.67. The molecule has 6 heteroatoms. The molecule has 118 valence electrons. The summed E-state index contributed by atoms with van der Waals surface area (Å²) in [7, 11) is 0. The molecule has 2 amide bonds. The van der Waals surface area contributed by atoms with Gasteiger partial charge in [0.1, 0.15) is 0 Å². The Hall–Kier alpha value is -2.76. The van der Waals surface area contributed by atoms with Gasteiger partial charge in [-0.2, -0.15) is 0 Å². The number of nitrogens with zero attached hydrogens (tertiary/aromatic N) is 2. The molecule has 1 aliphatic rings. The van der Waals surface area contributed by atoms with Crippen LogP contribution in [0.2, 0.25) is 0 Å². The molecule has 2 N–H and O–H groups in total. The summed E-state index contributed by atoms with van der Waals surface area (Å²) in [6.45, 7) is 0.849. The smallest absolute Gasteiger partial charge is 0.224 e. The van der Waals surface area contributed by atoms with Crippen molar-refractivity contribution in [1.29, 1.82) is 0 Å². The van der Waals surface area contributed by atoms with Gasteiger partial charge < -0.3 is 10.6 Å². The van der Waals surface area contributed by atoms with Crippen molar-refractivity contribution >= 4 is 11.8 Å². The van der Waals surface area contributed by atoms with Crippen LogP contribution in [0.1, 0.15) is 17.7 Å². The molecular weight excluding hydrogens is 292 g/mol. The molecule has 1 aliphatic carbocycles. The predicted octanol–water partition coefficient (Wildman–Crippen LogP) is 1.05. The molecule has 23 heavy (non-hydrogen) atoms. The summed E-state index contributed by atoms with van der Waals surface area (Å²) in [4.78, 5) is 32.2. The van der Waals surface area contributed by atoms with Gasteiger partial charge in [-0.3, -0.25) is 19.6 Å². The van der Waals surface area contributed by atoms with Crippen LogP contribution in [0.25, 0.3) is 0 Å². The number of carbonyl (C=O) groups is 2. The van der Waals surface area contributed by atoms with Crippen molar-refractivity contribution in [1.82, 2.24) is 20.6 Å². The number of carbonyl (C=O) groups excluding carboxylic acids is 2. The van der Waals surface area contributed by atoms with Gasteiger partial charge in [0.25, 0.3) is 0 Å². The standard InChI is InChI=1S/C17H18N4O2/c22-16(20-10-12-4-7-18-8-5-12)14-9-15(14)17(23)21-11-13-3-1-2-6-19-13/h1-8,14-15H,9-11H2,(H,20,22)(H,21,23). The zero-order chi connectivity index (χ0) is 16.1. The van der Waals surface area contributed by atoms with Crippen molar-refractivity contribution in [2.45, 2.75) is 19.5 Å². The maximum atomic E-state index is 12.0. The summed E-state index contributed by atoms with van der Waals surface area (Å²) < 4.78 is 0. The fourth-order valence-electron chi connectivity index (χ4n) is 2.41. The van der Waals surface area contributed by atoms with E-state index in [1.807, 2.05) is 30.3 Å². The van der Waals surface area contributed by atoms with Gasteiger partial charge in [-0.1, -0.05) is 6.07 Å². The second-order valence-corrected chi connectivity index (χ2v) is 5.56. The van der Waals surface area contributed by atoms with Crippen molar-refractivity contribution < 1.29 is 9.59 Å². The topological polar surface area (TPSA) is 84.0 Å². The zero-order valence-electron chi connectivity index (χ0n) is 12.6. The summed E-state index contributed by atoms with van der Waals surface area (Å²) in [5.74, 6) is -0.601. The molecule has 0 aromatic carbocycles. The van der Waals surface area contributed by atoms with Gasteiger partial charge in [0.2, 0.25) is 11.8 Å². The first-order chi connectivity index (χ1) is 11.2. The van der Waals surface area contributed by atoms with Crippen molar-refractivity contribution in [3.8, 4) is 0 Å². The van der Waals surface area contributed by atoms with Gasteiger partial charge in [0, 0.05) is 25.1 Å². The molecule has 2 aromatic rings. The fourth-order valence-corrected chi connectivity index (χ4v) is 2.41. The number of nitrogens with one attached hydrogen (secondary N) is 2. The van der Waals surface area contributed by atoms with Gasteiger partial charge >= 0.3 is 0 Å². The summed E-state index contributed by atoms with van der Waals surface area (Å²) in [5.41, 5.74) is 1.80. The summed E-state index contributed by atoms with van der Waals surface area (Å²) in [5, 5.41) is 5.69. The minimum absolute atomic E-state index is 0.0696. The van der Waals surface area contributed by atoms with E-state index in [0.717, 1.165) is 11.3 Å². The highest BCUT2D eigenvalue weighted by Crippen LogP contribution is 2.38. The average molecular weight is 310 g/mol. The lowest BCUT2D eigenvalue weighted by Gasteiger charge is -2.06. The Morgan fingerprint density at radius 1 is 0.957 bits per heavy atom. The zero-order valence-corrected chi connectivity index (χ0v) is 12.6. The van der Waals surface area contributed by atoms with Crippen LogP contribution in [0.5, 0.6) is 0 Å². The molecule has 2 heterocycles. The minimum atomic E-state index is -0.226. The molecule has 0 saturated heterocycles. The molecular formula is C17H18N4O2. The number of amides is 2. The lowest BCUT2D eigenvalue weighted by atomic mass is 10.2. The SMILES string of the molecule is O=C(NCc1ccncc1)C1CC1C(=O)NCc1ccccn1. The molecule has 2 aromatic heterocycles. The van der Waals surface area contributed by atoms with Gasteiger partial charge in [0.15, 0.2) is 0 Å².